The van der Waals surface area contributed by atoms with Gasteiger partial charge in [-0.25, -0.2) is 19.9 Å². The zero-order valence-electron chi connectivity index (χ0n) is 35.0. The van der Waals surface area contributed by atoms with Gasteiger partial charge in [-0.3, -0.25) is 4.98 Å². The topological polar surface area (TPSA) is 64.5 Å². The monoisotopic (exact) mass is 817 g/mol. The van der Waals surface area contributed by atoms with Crippen LogP contribution in [0.1, 0.15) is 23.6 Å². The van der Waals surface area contributed by atoms with E-state index in [1.165, 1.54) is 27.8 Å². The van der Waals surface area contributed by atoms with Gasteiger partial charge >= 0.3 is 0 Å². The van der Waals surface area contributed by atoms with Gasteiger partial charge in [0.05, 0.1) is 11.2 Å². The van der Waals surface area contributed by atoms with E-state index in [2.05, 4.69) is 151 Å². The van der Waals surface area contributed by atoms with Crippen LogP contribution in [0.25, 0.3) is 100 Å². The number of rotatable bonds is 7. The number of para-hydroxylation sites is 1. The zero-order valence-corrected chi connectivity index (χ0v) is 35.0. The molecule has 0 radical (unpaired) electrons. The second-order valence-corrected chi connectivity index (χ2v) is 16.6. The second kappa shape index (κ2) is 15.2. The van der Waals surface area contributed by atoms with Crippen molar-refractivity contribution >= 4 is 21.7 Å². The van der Waals surface area contributed by atoms with E-state index >= 15 is 0 Å². The fourth-order valence-corrected chi connectivity index (χ4v) is 9.62. The molecule has 0 N–H and O–H groups in total. The summed E-state index contributed by atoms with van der Waals surface area (Å²) in [5.41, 5.74) is 16.0. The number of nitrogens with zero attached hydrogens (tertiary/aromatic N) is 5. The van der Waals surface area contributed by atoms with E-state index in [9.17, 15) is 0 Å². The minimum absolute atomic E-state index is 0.334. The van der Waals surface area contributed by atoms with Crippen molar-refractivity contribution < 1.29 is 0 Å². The summed E-state index contributed by atoms with van der Waals surface area (Å²) in [6.45, 7) is 2.37. The first-order valence-electron chi connectivity index (χ1n) is 21.6. The third-order valence-electron chi connectivity index (χ3n) is 12.9. The van der Waals surface area contributed by atoms with Crippen molar-refractivity contribution in [3.05, 3.63) is 235 Å². The average molecular weight is 818 g/mol. The molecule has 0 aliphatic heterocycles. The van der Waals surface area contributed by atoms with Crippen molar-refractivity contribution in [3.63, 3.8) is 0 Å². The Morgan fingerprint density at radius 1 is 0.344 bits per heavy atom. The van der Waals surface area contributed by atoms with E-state index in [4.69, 9.17) is 19.9 Å². The van der Waals surface area contributed by atoms with Gasteiger partial charge in [-0.2, -0.15) is 0 Å². The van der Waals surface area contributed by atoms with Gasteiger partial charge in [0.15, 0.2) is 17.5 Å². The number of benzene rings is 8. The molecule has 3 aromatic heterocycles. The third-order valence-corrected chi connectivity index (χ3v) is 12.9. The lowest BCUT2D eigenvalue weighted by Gasteiger charge is -2.28. The molecular weight excluding hydrogens is 779 g/mol. The summed E-state index contributed by atoms with van der Waals surface area (Å²) < 4.78 is 0. The molecule has 0 amide bonds. The molecule has 64 heavy (non-hydrogen) atoms. The number of aromatic nitrogens is 5. The van der Waals surface area contributed by atoms with Crippen LogP contribution in [0.3, 0.4) is 0 Å². The molecule has 0 spiro atoms. The van der Waals surface area contributed by atoms with Gasteiger partial charge < -0.3 is 0 Å². The van der Waals surface area contributed by atoms with Crippen LogP contribution in [0.15, 0.2) is 219 Å². The summed E-state index contributed by atoms with van der Waals surface area (Å²) in [7, 11) is 0. The van der Waals surface area contributed by atoms with Crippen LogP contribution in [0.5, 0.6) is 0 Å². The van der Waals surface area contributed by atoms with E-state index in [1.54, 1.807) is 0 Å². The fraction of sp³-hybridized carbons (Fsp3) is 0.0339. The SMILES string of the molecule is CC1(c2ccccc2)c2ccccc2-c2ccc(-c3cc(-c4ccc(-c5nc6ccccc6c6ccncc56)cc4)cc(-c4nc(-c5ccccc5)nc(-c5ccccc5)n4)c3)cc21. The maximum absolute atomic E-state index is 5.19. The summed E-state index contributed by atoms with van der Waals surface area (Å²) in [5.74, 6) is 1.85. The van der Waals surface area contributed by atoms with E-state index in [0.717, 1.165) is 71.9 Å². The molecule has 12 rings (SSSR count). The van der Waals surface area contributed by atoms with Crippen molar-refractivity contribution in [2.45, 2.75) is 12.3 Å². The molecule has 3 heterocycles. The standard InChI is InChI=1S/C59H39N5/c1-59(46-19-9-4-10-20-46)52-23-13-11-21-48(52)49-30-29-42(36-53(49)59)44-33-43(38-25-27-39(28-26-38)55-51-37-60-32-31-47(51)50-22-12-14-24-54(50)61-55)34-45(35-44)58-63-56(40-15-5-2-6-16-40)62-57(64-58)41-17-7-3-8-18-41/h2-37H,1H3. The first-order valence-corrected chi connectivity index (χ1v) is 21.6. The molecule has 1 aliphatic rings. The van der Waals surface area contributed by atoms with Crippen LogP contribution in [-0.4, -0.2) is 24.9 Å². The normalized spacial score (nSPS) is 14.1. The van der Waals surface area contributed by atoms with E-state index < -0.39 is 0 Å². The average Bonchev–Trinajstić information content (AvgIpc) is 3.64. The number of fused-ring (bicyclic) bond motifs is 6. The van der Waals surface area contributed by atoms with Crippen molar-refractivity contribution in [2.75, 3.05) is 0 Å². The Kier molecular flexibility index (Phi) is 8.87. The Morgan fingerprint density at radius 3 is 1.61 bits per heavy atom. The molecule has 1 atom stereocenters. The number of hydrogen-bond acceptors (Lipinski definition) is 5. The second-order valence-electron chi connectivity index (χ2n) is 16.6. The maximum Gasteiger partial charge on any atom is 0.164 e. The molecule has 5 nitrogen and oxygen atoms in total. The van der Waals surface area contributed by atoms with E-state index in [-0.39, 0.29) is 5.41 Å². The Labute approximate surface area is 371 Å². The first-order chi connectivity index (χ1) is 31.6. The molecule has 11 aromatic rings. The predicted octanol–water partition coefficient (Wildman–Crippen LogP) is 14.3. The molecule has 0 fully saturated rings. The van der Waals surface area contributed by atoms with Crippen molar-refractivity contribution in [2.24, 2.45) is 0 Å². The van der Waals surface area contributed by atoms with Crippen molar-refractivity contribution in [1.29, 1.82) is 0 Å². The molecule has 5 heteroatoms. The minimum Gasteiger partial charge on any atom is -0.264 e. The molecule has 8 aromatic carbocycles. The summed E-state index contributed by atoms with van der Waals surface area (Å²) in [5, 5.41) is 3.28. The van der Waals surface area contributed by atoms with Crippen LogP contribution in [0.4, 0.5) is 0 Å². The lowest BCUT2D eigenvalue weighted by atomic mass is 9.74. The van der Waals surface area contributed by atoms with Crippen LogP contribution in [0.2, 0.25) is 0 Å². The largest absolute Gasteiger partial charge is 0.264 e. The van der Waals surface area contributed by atoms with Crippen molar-refractivity contribution in [3.8, 4) is 78.8 Å². The van der Waals surface area contributed by atoms with Crippen LogP contribution < -0.4 is 0 Å². The molecule has 0 bridgehead atoms. The van der Waals surface area contributed by atoms with Gasteiger partial charge in [-0.1, -0.05) is 170 Å². The Balaban J connectivity index is 1.05. The van der Waals surface area contributed by atoms with Crippen molar-refractivity contribution in [1.82, 2.24) is 24.9 Å². The third kappa shape index (κ3) is 6.28. The smallest absolute Gasteiger partial charge is 0.164 e. The molecule has 300 valence electrons. The predicted molar refractivity (Wildman–Crippen MR) is 260 cm³/mol. The molecule has 0 saturated carbocycles. The summed E-state index contributed by atoms with van der Waals surface area (Å²) in [4.78, 5) is 25.1. The maximum atomic E-state index is 5.19. The lowest BCUT2D eigenvalue weighted by Crippen LogP contribution is -2.22. The highest BCUT2D eigenvalue weighted by atomic mass is 15.0. The highest BCUT2D eigenvalue weighted by Crippen LogP contribution is 2.53. The summed E-state index contributed by atoms with van der Waals surface area (Å²) >= 11 is 0. The van der Waals surface area contributed by atoms with Gasteiger partial charge in [0.1, 0.15) is 0 Å². The van der Waals surface area contributed by atoms with Gasteiger partial charge in [0.2, 0.25) is 0 Å². The minimum atomic E-state index is -0.334. The van der Waals surface area contributed by atoms with E-state index in [0.29, 0.717) is 17.5 Å². The summed E-state index contributed by atoms with van der Waals surface area (Å²) in [6.07, 6.45) is 3.78. The van der Waals surface area contributed by atoms with Crippen LogP contribution in [-0.2, 0) is 5.41 Å². The lowest BCUT2D eigenvalue weighted by molar-refractivity contribution is 0.714. The Bertz CT molecular complexity index is 3490. The van der Waals surface area contributed by atoms with Gasteiger partial charge in [-0.15, -0.1) is 0 Å². The number of pyridine rings is 2. The molecule has 1 aliphatic carbocycles. The van der Waals surface area contributed by atoms with Crippen LogP contribution in [0, 0.1) is 0 Å². The highest BCUT2D eigenvalue weighted by Gasteiger charge is 2.40. The van der Waals surface area contributed by atoms with Crippen LogP contribution >= 0.6 is 0 Å². The fourth-order valence-electron chi connectivity index (χ4n) is 9.62. The zero-order chi connectivity index (χ0) is 42.6. The van der Waals surface area contributed by atoms with Gasteiger partial charge in [0, 0.05) is 50.8 Å². The Morgan fingerprint density at radius 2 is 0.891 bits per heavy atom. The van der Waals surface area contributed by atoms with Gasteiger partial charge in [-0.05, 0) is 98.8 Å². The first kappa shape index (κ1) is 37.4. The number of hydrogen-bond donors (Lipinski definition) is 0. The molecule has 0 saturated heterocycles. The summed E-state index contributed by atoms with van der Waals surface area (Å²) in [6, 6.07) is 72.9. The Hall–Kier alpha value is -8.41. The molecular formula is C59H39N5. The van der Waals surface area contributed by atoms with Gasteiger partial charge in [0.25, 0.3) is 0 Å². The molecule has 1 unspecified atom stereocenters. The van der Waals surface area contributed by atoms with E-state index in [1.807, 2.05) is 79.1 Å². The highest BCUT2D eigenvalue weighted by molar-refractivity contribution is 6.10. The quantitative estimate of drug-likeness (QED) is 0.150.